The van der Waals surface area contributed by atoms with Crippen molar-refractivity contribution in [3.63, 3.8) is 0 Å². The highest BCUT2D eigenvalue weighted by Gasteiger charge is 2.22. The molecule has 0 aliphatic heterocycles. The summed E-state index contributed by atoms with van der Waals surface area (Å²) < 4.78 is 41.6. The molecule has 0 heterocycles. The lowest BCUT2D eigenvalue weighted by Crippen LogP contribution is -2.21. The van der Waals surface area contributed by atoms with Crippen LogP contribution in [-0.4, -0.2) is 13.4 Å². The molecule has 110 valence electrons. The summed E-state index contributed by atoms with van der Waals surface area (Å²) >= 11 is 7.98. The van der Waals surface area contributed by atoms with E-state index in [9.17, 15) is 12.8 Å². The molecule has 3 N–H and O–H groups in total. The number of rotatable bonds is 4. The molecule has 21 heavy (non-hydrogen) atoms. The molecule has 8 heteroatoms. The van der Waals surface area contributed by atoms with Crippen LogP contribution in [0.15, 0.2) is 51.8 Å². The molecule has 0 spiro atoms. The van der Waals surface area contributed by atoms with Gasteiger partial charge in [0, 0.05) is 10.2 Å². The van der Waals surface area contributed by atoms with Gasteiger partial charge in [0.1, 0.15) is 15.7 Å². The van der Waals surface area contributed by atoms with E-state index in [4.69, 9.17) is 18.0 Å². The number of halogens is 2. The fourth-order valence-corrected chi connectivity index (χ4v) is 3.52. The largest absolute Gasteiger partial charge is 0.389 e. The Morgan fingerprint density at radius 3 is 2.38 bits per heavy atom. The van der Waals surface area contributed by atoms with Crippen LogP contribution in [0.4, 0.5) is 10.1 Å². The fraction of sp³-hybridized carbons (Fsp3) is 0. The average molecular weight is 389 g/mol. The van der Waals surface area contributed by atoms with Crippen LogP contribution in [0.1, 0.15) is 5.56 Å². The van der Waals surface area contributed by atoms with Crippen molar-refractivity contribution in [3.05, 3.63) is 58.3 Å². The van der Waals surface area contributed by atoms with Gasteiger partial charge in [0.05, 0.1) is 5.56 Å². The summed E-state index contributed by atoms with van der Waals surface area (Å²) in [6.07, 6.45) is 0. The van der Waals surface area contributed by atoms with Crippen LogP contribution in [0.5, 0.6) is 0 Å². The van der Waals surface area contributed by atoms with Crippen molar-refractivity contribution in [2.75, 3.05) is 4.72 Å². The summed E-state index contributed by atoms with van der Waals surface area (Å²) in [5, 5.41) is 0. The molecule has 0 saturated carbocycles. The molecule has 0 saturated heterocycles. The van der Waals surface area contributed by atoms with Gasteiger partial charge in [-0.15, -0.1) is 0 Å². The van der Waals surface area contributed by atoms with Crippen LogP contribution >= 0.6 is 28.1 Å². The van der Waals surface area contributed by atoms with E-state index in [1.165, 1.54) is 12.1 Å². The lowest BCUT2D eigenvalue weighted by atomic mass is 10.2. The predicted octanol–water partition coefficient (Wildman–Crippen LogP) is 3.02. The van der Waals surface area contributed by atoms with E-state index in [0.29, 0.717) is 5.69 Å². The fourth-order valence-electron chi connectivity index (χ4n) is 1.70. The third-order valence-electron chi connectivity index (χ3n) is 2.61. The number of hydrogen-bond acceptors (Lipinski definition) is 3. The maximum atomic E-state index is 13.8. The van der Waals surface area contributed by atoms with Crippen molar-refractivity contribution in [2.24, 2.45) is 5.73 Å². The maximum Gasteiger partial charge on any atom is 0.262 e. The van der Waals surface area contributed by atoms with Gasteiger partial charge >= 0.3 is 0 Å². The summed E-state index contributed by atoms with van der Waals surface area (Å²) in [5.74, 6) is -0.777. The first kappa shape index (κ1) is 15.9. The van der Waals surface area contributed by atoms with Gasteiger partial charge in [-0.05, 0) is 36.4 Å². The van der Waals surface area contributed by atoms with E-state index in [1.807, 2.05) is 0 Å². The molecular formula is C13H10BrFN2O2S2. The standard InChI is InChI=1S/C13H10BrFN2O2S2/c14-8-4-6-9(7-5-8)17-21(18,19)11-3-1-2-10(15)12(11)13(16)20/h1-7,17H,(H2,16,20). The Labute approximate surface area is 135 Å². The zero-order valence-electron chi connectivity index (χ0n) is 10.5. The molecule has 0 aromatic heterocycles. The molecule has 0 amide bonds. The monoisotopic (exact) mass is 388 g/mol. The number of hydrogen-bond donors (Lipinski definition) is 2. The second-order valence-corrected chi connectivity index (χ2v) is 7.10. The highest BCUT2D eigenvalue weighted by Crippen LogP contribution is 2.23. The van der Waals surface area contributed by atoms with E-state index >= 15 is 0 Å². The minimum Gasteiger partial charge on any atom is -0.389 e. The maximum absolute atomic E-state index is 13.8. The van der Waals surface area contributed by atoms with Gasteiger partial charge < -0.3 is 5.73 Å². The van der Waals surface area contributed by atoms with E-state index < -0.39 is 15.8 Å². The van der Waals surface area contributed by atoms with Crippen molar-refractivity contribution < 1.29 is 12.8 Å². The Kier molecular flexibility index (Phi) is 4.60. The Morgan fingerprint density at radius 2 is 1.81 bits per heavy atom. The molecular weight excluding hydrogens is 379 g/mol. The van der Waals surface area contributed by atoms with Crippen LogP contribution < -0.4 is 10.5 Å². The second kappa shape index (κ2) is 6.08. The predicted molar refractivity (Wildman–Crippen MR) is 87.2 cm³/mol. The molecule has 4 nitrogen and oxygen atoms in total. The minimum atomic E-state index is -4.00. The van der Waals surface area contributed by atoms with Gasteiger partial charge in [-0.2, -0.15) is 0 Å². The number of thiocarbonyl (C=S) groups is 1. The molecule has 0 unspecified atom stereocenters. The Balaban J connectivity index is 2.47. The molecule has 2 rings (SSSR count). The van der Waals surface area contributed by atoms with Crippen molar-refractivity contribution in [1.29, 1.82) is 0 Å². The summed E-state index contributed by atoms with van der Waals surface area (Å²) in [7, 11) is -4.00. The summed E-state index contributed by atoms with van der Waals surface area (Å²) in [6, 6.07) is 10.1. The minimum absolute atomic E-state index is 0.294. The number of nitrogens with one attached hydrogen (secondary N) is 1. The molecule has 0 aliphatic carbocycles. The first-order valence-electron chi connectivity index (χ1n) is 5.68. The van der Waals surface area contributed by atoms with Crippen LogP contribution in [0.2, 0.25) is 0 Å². The van der Waals surface area contributed by atoms with Gasteiger partial charge in [-0.25, -0.2) is 12.8 Å². The van der Waals surface area contributed by atoms with Crippen LogP contribution in [0.3, 0.4) is 0 Å². The van der Waals surface area contributed by atoms with Crippen LogP contribution in [0, 0.1) is 5.82 Å². The van der Waals surface area contributed by atoms with Crippen molar-refractivity contribution in [3.8, 4) is 0 Å². The highest BCUT2D eigenvalue weighted by molar-refractivity contribution is 9.10. The lowest BCUT2D eigenvalue weighted by Gasteiger charge is -2.12. The van der Waals surface area contributed by atoms with Crippen molar-refractivity contribution in [2.45, 2.75) is 4.90 Å². The van der Waals surface area contributed by atoms with Crippen molar-refractivity contribution in [1.82, 2.24) is 0 Å². The first-order chi connectivity index (χ1) is 9.81. The zero-order chi connectivity index (χ0) is 15.6. The van der Waals surface area contributed by atoms with E-state index in [2.05, 4.69) is 20.7 Å². The van der Waals surface area contributed by atoms with Gasteiger partial charge in [0.25, 0.3) is 10.0 Å². The smallest absolute Gasteiger partial charge is 0.262 e. The van der Waals surface area contributed by atoms with Crippen LogP contribution in [0.25, 0.3) is 0 Å². The normalized spacial score (nSPS) is 11.1. The summed E-state index contributed by atoms with van der Waals surface area (Å²) in [5.41, 5.74) is 5.47. The third kappa shape index (κ3) is 3.58. The quantitative estimate of drug-likeness (QED) is 0.789. The van der Waals surface area contributed by atoms with Gasteiger partial charge in [-0.3, -0.25) is 4.72 Å². The van der Waals surface area contributed by atoms with E-state index in [0.717, 1.165) is 10.5 Å². The highest BCUT2D eigenvalue weighted by atomic mass is 79.9. The van der Waals surface area contributed by atoms with Crippen LogP contribution in [-0.2, 0) is 10.0 Å². The average Bonchev–Trinajstić information content (AvgIpc) is 2.40. The van der Waals surface area contributed by atoms with Gasteiger partial charge in [0.2, 0.25) is 0 Å². The summed E-state index contributed by atoms with van der Waals surface area (Å²) in [4.78, 5) is -0.609. The van der Waals surface area contributed by atoms with Gasteiger partial charge in [0.15, 0.2) is 0 Å². The Bertz CT molecular complexity index is 792. The van der Waals surface area contributed by atoms with Crippen molar-refractivity contribution >= 4 is 48.8 Å². The molecule has 0 bridgehead atoms. The number of anilines is 1. The van der Waals surface area contributed by atoms with Gasteiger partial charge in [-0.1, -0.05) is 34.2 Å². The zero-order valence-corrected chi connectivity index (χ0v) is 13.7. The third-order valence-corrected chi connectivity index (χ3v) is 4.76. The number of benzene rings is 2. The molecule has 0 aliphatic rings. The molecule has 0 atom stereocenters. The molecule has 0 radical (unpaired) electrons. The second-order valence-electron chi connectivity index (χ2n) is 4.09. The van der Waals surface area contributed by atoms with E-state index in [1.54, 1.807) is 24.3 Å². The van der Waals surface area contributed by atoms with E-state index in [-0.39, 0.29) is 15.4 Å². The lowest BCUT2D eigenvalue weighted by molar-refractivity contribution is 0.594. The number of nitrogens with two attached hydrogens (primary N) is 1. The Morgan fingerprint density at radius 1 is 1.19 bits per heavy atom. The molecule has 2 aromatic carbocycles. The molecule has 0 fully saturated rings. The SMILES string of the molecule is NC(=S)c1c(F)cccc1S(=O)(=O)Nc1ccc(Br)cc1. The first-order valence-corrected chi connectivity index (χ1v) is 8.36. The molecule has 2 aromatic rings. The summed E-state index contributed by atoms with van der Waals surface area (Å²) in [6.45, 7) is 0. The Hall–Kier alpha value is -1.51. The number of sulfonamides is 1. The topological polar surface area (TPSA) is 72.2 Å².